The van der Waals surface area contributed by atoms with Gasteiger partial charge in [0, 0.05) is 11.8 Å². The van der Waals surface area contributed by atoms with Crippen molar-refractivity contribution in [3.63, 3.8) is 0 Å². The Hall–Kier alpha value is -1.99. The van der Waals surface area contributed by atoms with E-state index in [1.807, 2.05) is 30.5 Å². The molecular formula is C12H10BrN5O. The van der Waals surface area contributed by atoms with E-state index in [0.29, 0.717) is 11.7 Å². The number of hydrogen-bond donors (Lipinski definition) is 1. The third kappa shape index (κ3) is 2.42. The van der Waals surface area contributed by atoms with Crippen molar-refractivity contribution in [1.82, 2.24) is 19.9 Å². The number of hydrogen-bond acceptors (Lipinski definition) is 5. The first-order chi connectivity index (χ1) is 9.26. The van der Waals surface area contributed by atoms with Crippen LogP contribution in [-0.2, 0) is 6.54 Å². The second-order valence-corrected chi connectivity index (χ2v) is 4.78. The number of aromatic nitrogens is 4. The highest BCUT2D eigenvalue weighted by molar-refractivity contribution is 9.10. The molecule has 0 saturated heterocycles. The molecule has 2 N–H and O–H groups in total. The summed E-state index contributed by atoms with van der Waals surface area (Å²) in [5.41, 5.74) is 7.26. The molecule has 19 heavy (non-hydrogen) atoms. The first-order valence-electron chi connectivity index (χ1n) is 5.60. The Bertz CT molecular complexity index is 688. The summed E-state index contributed by atoms with van der Waals surface area (Å²) in [6.45, 7) is 0.242. The molecule has 0 bridgehead atoms. The summed E-state index contributed by atoms with van der Waals surface area (Å²) < 4.78 is 7.68. The zero-order chi connectivity index (χ0) is 13.2. The fourth-order valence-corrected chi connectivity index (χ4v) is 1.95. The van der Waals surface area contributed by atoms with Crippen LogP contribution in [0.2, 0.25) is 0 Å². The molecule has 2 heterocycles. The molecular weight excluding hydrogens is 310 g/mol. The van der Waals surface area contributed by atoms with Crippen molar-refractivity contribution in [2.24, 2.45) is 5.73 Å². The van der Waals surface area contributed by atoms with Gasteiger partial charge in [-0.15, -0.1) is 0 Å². The molecule has 3 aromatic rings. The van der Waals surface area contributed by atoms with Gasteiger partial charge in [-0.3, -0.25) is 0 Å². The van der Waals surface area contributed by atoms with Gasteiger partial charge in [-0.25, -0.2) is 4.68 Å². The quantitative estimate of drug-likeness (QED) is 0.799. The molecule has 3 rings (SSSR count). The Morgan fingerprint density at radius 1 is 1.26 bits per heavy atom. The van der Waals surface area contributed by atoms with E-state index in [9.17, 15) is 0 Å². The third-order valence-electron chi connectivity index (χ3n) is 2.58. The minimum atomic E-state index is 0.242. The monoisotopic (exact) mass is 319 g/mol. The van der Waals surface area contributed by atoms with Gasteiger partial charge in [-0.05, 0) is 40.2 Å². The zero-order valence-electron chi connectivity index (χ0n) is 9.82. The van der Waals surface area contributed by atoms with E-state index >= 15 is 0 Å². The van der Waals surface area contributed by atoms with Crippen molar-refractivity contribution in [2.75, 3.05) is 0 Å². The summed E-state index contributed by atoms with van der Waals surface area (Å²) in [5, 5.41) is 8.08. The maximum Gasteiger partial charge on any atom is 0.240 e. The summed E-state index contributed by atoms with van der Waals surface area (Å²) in [7, 11) is 0. The van der Waals surface area contributed by atoms with E-state index in [2.05, 4.69) is 31.2 Å². The molecule has 1 aromatic carbocycles. The Balaban J connectivity index is 1.90. The normalized spacial score (nSPS) is 10.8. The van der Waals surface area contributed by atoms with Gasteiger partial charge in [0.25, 0.3) is 0 Å². The molecule has 0 aliphatic carbocycles. The summed E-state index contributed by atoms with van der Waals surface area (Å²) in [5.74, 6) is 0.962. The van der Waals surface area contributed by atoms with E-state index in [0.717, 1.165) is 15.7 Å². The first kappa shape index (κ1) is 12.1. The second kappa shape index (κ2) is 4.94. The van der Waals surface area contributed by atoms with Crippen LogP contribution in [0.3, 0.4) is 0 Å². The molecule has 0 fully saturated rings. The molecule has 0 aliphatic heterocycles. The van der Waals surface area contributed by atoms with Crippen molar-refractivity contribution >= 4 is 15.9 Å². The van der Waals surface area contributed by atoms with E-state index < -0.39 is 0 Å². The van der Waals surface area contributed by atoms with Crippen molar-refractivity contribution in [2.45, 2.75) is 6.54 Å². The average molecular weight is 320 g/mol. The van der Waals surface area contributed by atoms with Crippen LogP contribution in [0.5, 0.6) is 0 Å². The average Bonchev–Trinajstić information content (AvgIpc) is 3.07. The Morgan fingerprint density at radius 2 is 2.05 bits per heavy atom. The van der Waals surface area contributed by atoms with Crippen molar-refractivity contribution in [3.05, 3.63) is 47.0 Å². The van der Waals surface area contributed by atoms with Crippen LogP contribution in [0.1, 0.15) is 5.89 Å². The Labute approximate surface area is 117 Å². The van der Waals surface area contributed by atoms with Crippen molar-refractivity contribution in [1.29, 1.82) is 0 Å². The SMILES string of the molecule is NCc1nc(-c2ccc(-n3cc(Br)cn3)cc2)no1. The molecule has 2 aromatic heterocycles. The minimum Gasteiger partial charge on any atom is -0.338 e. The fourth-order valence-electron chi connectivity index (χ4n) is 1.66. The number of halogens is 1. The lowest BCUT2D eigenvalue weighted by molar-refractivity contribution is 0.380. The van der Waals surface area contributed by atoms with Crippen molar-refractivity contribution < 1.29 is 4.52 Å². The summed E-state index contributed by atoms with van der Waals surface area (Å²) >= 11 is 3.36. The van der Waals surface area contributed by atoms with Crippen LogP contribution in [0.25, 0.3) is 17.1 Å². The van der Waals surface area contributed by atoms with Crippen LogP contribution in [0.15, 0.2) is 45.7 Å². The van der Waals surface area contributed by atoms with E-state index in [-0.39, 0.29) is 6.54 Å². The maximum absolute atomic E-state index is 5.43. The molecule has 96 valence electrons. The van der Waals surface area contributed by atoms with Crippen LogP contribution < -0.4 is 5.73 Å². The first-order valence-corrected chi connectivity index (χ1v) is 6.39. The maximum atomic E-state index is 5.43. The van der Waals surface area contributed by atoms with Gasteiger partial charge in [-0.2, -0.15) is 10.1 Å². The van der Waals surface area contributed by atoms with Gasteiger partial charge in [0.2, 0.25) is 11.7 Å². The molecule has 7 heteroatoms. The molecule has 0 unspecified atom stereocenters. The van der Waals surface area contributed by atoms with Gasteiger partial charge < -0.3 is 10.3 Å². The van der Waals surface area contributed by atoms with Crippen molar-refractivity contribution in [3.8, 4) is 17.1 Å². The molecule has 6 nitrogen and oxygen atoms in total. The van der Waals surface area contributed by atoms with Crippen LogP contribution in [0.4, 0.5) is 0 Å². The summed E-state index contributed by atoms with van der Waals surface area (Å²) in [6, 6.07) is 7.70. The van der Waals surface area contributed by atoms with Gasteiger partial charge in [0.1, 0.15) is 0 Å². The van der Waals surface area contributed by atoms with Gasteiger partial charge in [0.05, 0.1) is 22.9 Å². The lowest BCUT2D eigenvalue weighted by Crippen LogP contribution is -1.96. The predicted molar refractivity (Wildman–Crippen MR) is 72.4 cm³/mol. The largest absolute Gasteiger partial charge is 0.338 e. The highest BCUT2D eigenvalue weighted by atomic mass is 79.9. The third-order valence-corrected chi connectivity index (χ3v) is 2.99. The summed E-state index contributed by atoms with van der Waals surface area (Å²) in [6.07, 6.45) is 3.62. The molecule has 0 amide bonds. The number of nitrogens with zero attached hydrogens (tertiary/aromatic N) is 4. The highest BCUT2D eigenvalue weighted by Crippen LogP contribution is 2.19. The lowest BCUT2D eigenvalue weighted by Gasteiger charge is -2.01. The number of benzene rings is 1. The number of nitrogens with two attached hydrogens (primary N) is 1. The Kier molecular flexibility index (Phi) is 3.14. The van der Waals surface area contributed by atoms with Crippen LogP contribution in [0, 0.1) is 0 Å². The van der Waals surface area contributed by atoms with E-state index in [1.54, 1.807) is 10.9 Å². The van der Waals surface area contributed by atoms with E-state index in [1.165, 1.54) is 0 Å². The second-order valence-electron chi connectivity index (χ2n) is 3.87. The number of rotatable bonds is 3. The highest BCUT2D eigenvalue weighted by Gasteiger charge is 2.07. The van der Waals surface area contributed by atoms with Crippen LogP contribution in [-0.4, -0.2) is 19.9 Å². The van der Waals surface area contributed by atoms with Gasteiger partial charge in [0.15, 0.2) is 0 Å². The van der Waals surface area contributed by atoms with Gasteiger partial charge >= 0.3 is 0 Å². The fraction of sp³-hybridized carbons (Fsp3) is 0.0833. The standard InChI is InChI=1S/C12H10BrN5O/c13-9-6-15-18(7-9)10-3-1-8(2-4-10)12-16-11(5-14)19-17-12/h1-4,6-7H,5,14H2. The molecule has 0 spiro atoms. The molecule has 0 saturated carbocycles. The van der Waals surface area contributed by atoms with E-state index in [4.69, 9.17) is 10.3 Å². The van der Waals surface area contributed by atoms with Crippen LogP contribution >= 0.6 is 15.9 Å². The summed E-state index contributed by atoms with van der Waals surface area (Å²) in [4.78, 5) is 4.17. The van der Waals surface area contributed by atoms with Gasteiger partial charge in [-0.1, -0.05) is 5.16 Å². The Morgan fingerprint density at radius 3 is 2.63 bits per heavy atom. The zero-order valence-corrected chi connectivity index (χ0v) is 11.4. The molecule has 0 radical (unpaired) electrons. The minimum absolute atomic E-state index is 0.242. The molecule has 0 atom stereocenters. The topological polar surface area (TPSA) is 82.8 Å². The smallest absolute Gasteiger partial charge is 0.240 e. The lowest BCUT2D eigenvalue weighted by atomic mass is 10.2. The predicted octanol–water partition coefficient (Wildman–Crippen LogP) is 2.14. The molecule has 0 aliphatic rings.